The van der Waals surface area contributed by atoms with Crippen LogP contribution in [-0.4, -0.2) is 24.0 Å². The first-order valence-electron chi connectivity index (χ1n) is 3.33. The van der Waals surface area contributed by atoms with E-state index in [1.165, 1.54) is 0 Å². The predicted octanol–water partition coefficient (Wildman–Crippen LogP) is 1.33. The molecule has 2 N–H and O–H groups in total. The Hall–Kier alpha value is 0.170. The highest BCUT2D eigenvalue weighted by atomic mass is 32.2. The van der Waals surface area contributed by atoms with Crippen molar-refractivity contribution >= 4 is 11.8 Å². The second-order valence-corrected chi connectivity index (χ2v) is 3.69. The Bertz CT molecular complexity index is 104. The van der Waals surface area contributed by atoms with Crippen LogP contribution in [0.1, 0.15) is 6.42 Å². The van der Waals surface area contributed by atoms with Gasteiger partial charge in [-0.1, -0.05) is 0 Å². The predicted molar refractivity (Wildman–Crippen MR) is 39.4 cm³/mol. The molecule has 4 heteroatoms. The fraction of sp³-hybridized carbons (Fsp3) is 1.00. The summed E-state index contributed by atoms with van der Waals surface area (Å²) in [6.45, 7) is 0. The first-order chi connectivity index (χ1) is 4.72. The largest absolute Gasteiger partial charge is 0.323 e. The van der Waals surface area contributed by atoms with E-state index in [9.17, 15) is 8.78 Å². The zero-order valence-electron chi connectivity index (χ0n) is 5.59. The zero-order chi connectivity index (χ0) is 7.56. The van der Waals surface area contributed by atoms with E-state index in [4.69, 9.17) is 5.73 Å². The number of hydrogen-bond acceptors (Lipinski definition) is 2. The Labute approximate surface area is 63.4 Å². The molecule has 1 saturated heterocycles. The van der Waals surface area contributed by atoms with E-state index in [0.29, 0.717) is 0 Å². The third-order valence-corrected chi connectivity index (χ3v) is 2.99. The van der Waals surface area contributed by atoms with Gasteiger partial charge in [-0.05, 0) is 23.8 Å². The highest BCUT2D eigenvalue weighted by molar-refractivity contribution is 7.99. The molecular formula is C6H11F2NS. The summed E-state index contributed by atoms with van der Waals surface area (Å²) < 4.78 is 23.9. The molecule has 0 aromatic rings. The van der Waals surface area contributed by atoms with Crippen molar-refractivity contribution in [2.45, 2.75) is 18.9 Å². The highest BCUT2D eigenvalue weighted by Gasteiger charge is 2.28. The molecule has 1 aliphatic rings. The second-order valence-electron chi connectivity index (χ2n) is 2.54. The van der Waals surface area contributed by atoms with E-state index in [1.54, 1.807) is 11.8 Å². The fourth-order valence-corrected chi connectivity index (χ4v) is 2.39. The van der Waals surface area contributed by atoms with E-state index >= 15 is 0 Å². The summed E-state index contributed by atoms with van der Waals surface area (Å²) in [6, 6.07) is -0.894. The van der Waals surface area contributed by atoms with Crippen molar-refractivity contribution in [2.24, 2.45) is 11.7 Å². The van der Waals surface area contributed by atoms with Gasteiger partial charge < -0.3 is 5.73 Å². The van der Waals surface area contributed by atoms with Gasteiger partial charge in [0.05, 0.1) is 6.04 Å². The Morgan fingerprint density at radius 2 is 2.20 bits per heavy atom. The maximum atomic E-state index is 11.9. The van der Waals surface area contributed by atoms with Crippen LogP contribution in [-0.2, 0) is 0 Å². The molecule has 1 aliphatic heterocycles. The van der Waals surface area contributed by atoms with Gasteiger partial charge in [0.25, 0.3) is 6.43 Å². The molecule has 60 valence electrons. The van der Waals surface area contributed by atoms with E-state index < -0.39 is 12.5 Å². The van der Waals surface area contributed by atoms with Crippen molar-refractivity contribution in [2.75, 3.05) is 11.5 Å². The van der Waals surface area contributed by atoms with Gasteiger partial charge in [0.15, 0.2) is 0 Å². The third kappa shape index (κ3) is 1.83. The lowest BCUT2D eigenvalue weighted by molar-refractivity contribution is 0.0938. The molecule has 0 aromatic heterocycles. The summed E-state index contributed by atoms with van der Waals surface area (Å²) in [6.07, 6.45) is -1.49. The third-order valence-electron chi connectivity index (χ3n) is 1.80. The molecule has 1 fully saturated rings. The number of hydrogen-bond donors (Lipinski definition) is 1. The number of nitrogens with two attached hydrogens (primary N) is 1. The van der Waals surface area contributed by atoms with E-state index in [2.05, 4.69) is 0 Å². The van der Waals surface area contributed by atoms with Crippen molar-refractivity contribution in [1.29, 1.82) is 0 Å². The molecule has 0 radical (unpaired) electrons. The molecular weight excluding hydrogens is 156 g/mol. The van der Waals surface area contributed by atoms with Crippen molar-refractivity contribution in [3.05, 3.63) is 0 Å². The van der Waals surface area contributed by atoms with Crippen molar-refractivity contribution in [3.63, 3.8) is 0 Å². The van der Waals surface area contributed by atoms with Crippen LogP contribution in [0.5, 0.6) is 0 Å². The van der Waals surface area contributed by atoms with E-state index in [-0.39, 0.29) is 5.92 Å². The van der Waals surface area contributed by atoms with Gasteiger partial charge in [0.2, 0.25) is 0 Å². The molecule has 1 nitrogen and oxygen atoms in total. The average Bonchev–Trinajstić information content (AvgIpc) is 2.36. The van der Waals surface area contributed by atoms with E-state index in [1.807, 2.05) is 0 Å². The van der Waals surface area contributed by atoms with Gasteiger partial charge >= 0.3 is 0 Å². The maximum Gasteiger partial charge on any atom is 0.253 e. The molecule has 0 spiro atoms. The van der Waals surface area contributed by atoms with Crippen LogP contribution in [0.25, 0.3) is 0 Å². The van der Waals surface area contributed by atoms with Crippen LogP contribution < -0.4 is 5.73 Å². The Kier molecular flexibility index (Phi) is 2.92. The summed E-state index contributed by atoms with van der Waals surface area (Å²) in [5.74, 6) is 1.85. The van der Waals surface area contributed by atoms with Crippen LogP contribution in [0.2, 0.25) is 0 Å². The van der Waals surface area contributed by atoms with E-state index in [0.717, 1.165) is 17.9 Å². The minimum atomic E-state index is -2.34. The average molecular weight is 167 g/mol. The second kappa shape index (κ2) is 3.53. The number of thioether (sulfide) groups is 1. The Morgan fingerprint density at radius 1 is 1.50 bits per heavy atom. The van der Waals surface area contributed by atoms with Crippen molar-refractivity contribution < 1.29 is 8.78 Å². The lowest BCUT2D eigenvalue weighted by atomic mass is 10.0. The summed E-state index contributed by atoms with van der Waals surface area (Å²) in [4.78, 5) is 0. The van der Waals surface area contributed by atoms with Gasteiger partial charge in [-0.2, -0.15) is 11.8 Å². The van der Waals surface area contributed by atoms with Gasteiger partial charge in [0.1, 0.15) is 0 Å². The van der Waals surface area contributed by atoms with Crippen LogP contribution in [0, 0.1) is 5.92 Å². The molecule has 1 heterocycles. The number of rotatable bonds is 2. The summed E-state index contributed by atoms with van der Waals surface area (Å²) in [5.41, 5.74) is 5.26. The monoisotopic (exact) mass is 167 g/mol. The Morgan fingerprint density at radius 3 is 2.60 bits per heavy atom. The molecule has 2 unspecified atom stereocenters. The molecule has 0 aliphatic carbocycles. The smallest absolute Gasteiger partial charge is 0.253 e. The SMILES string of the molecule is NC(C(F)F)C1CCSC1. The van der Waals surface area contributed by atoms with Crippen LogP contribution >= 0.6 is 11.8 Å². The van der Waals surface area contributed by atoms with Crippen LogP contribution in [0.15, 0.2) is 0 Å². The molecule has 10 heavy (non-hydrogen) atoms. The Balaban J connectivity index is 2.32. The topological polar surface area (TPSA) is 26.0 Å². The van der Waals surface area contributed by atoms with Gasteiger partial charge in [0, 0.05) is 0 Å². The summed E-state index contributed by atoms with van der Waals surface area (Å²) in [5, 5.41) is 0. The van der Waals surface area contributed by atoms with Crippen molar-refractivity contribution in [3.8, 4) is 0 Å². The van der Waals surface area contributed by atoms with Crippen LogP contribution in [0.4, 0.5) is 8.78 Å². The summed E-state index contributed by atoms with van der Waals surface area (Å²) in [7, 11) is 0. The lowest BCUT2D eigenvalue weighted by Gasteiger charge is -2.16. The van der Waals surface area contributed by atoms with Crippen LogP contribution in [0.3, 0.4) is 0 Å². The normalized spacial score (nSPS) is 29.4. The maximum absolute atomic E-state index is 11.9. The first kappa shape index (κ1) is 8.27. The van der Waals surface area contributed by atoms with Gasteiger partial charge in [-0.15, -0.1) is 0 Å². The number of alkyl halides is 2. The lowest BCUT2D eigenvalue weighted by Crippen LogP contribution is -2.36. The van der Waals surface area contributed by atoms with Gasteiger partial charge in [-0.3, -0.25) is 0 Å². The number of halogens is 2. The van der Waals surface area contributed by atoms with Crippen molar-refractivity contribution in [1.82, 2.24) is 0 Å². The minimum Gasteiger partial charge on any atom is -0.323 e. The molecule has 0 aromatic carbocycles. The first-order valence-corrected chi connectivity index (χ1v) is 4.48. The molecule has 1 rings (SSSR count). The quantitative estimate of drug-likeness (QED) is 0.671. The molecule has 0 amide bonds. The minimum absolute atomic E-state index is 0.0463. The molecule has 2 atom stereocenters. The molecule has 0 saturated carbocycles. The fourth-order valence-electron chi connectivity index (χ4n) is 1.06. The standard InChI is InChI=1S/C6H11F2NS/c7-6(8)5(9)4-1-2-10-3-4/h4-6H,1-3,9H2. The highest BCUT2D eigenvalue weighted by Crippen LogP contribution is 2.27. The summed E-state index contributed by atoms with van der Waals surface area (Å²) >= 11 is 1.71. The zero-order valence-corrected chi connectivity index (χ0v) is 6.41. The van der Waals surface area contributed by atoms with Gasteiger partial charge in [-0.25, -0.2) is 8.78 Å². The molecule has 0 bridgehead atoms.